The summed E-state index contributed by atoms with van der Waals surface area (Å²) in [5, 5.41) is 6.51. The predicted molar refractivity (Wildman–Crippen MR) is 63.3 cm³/mol. The molecule has 0 aliphatic carbocycles. The van der Waals surface area contributed by atoms with E-state index in [1.807, 2.05) is 19.0 Å². The minimum atomic E-state index is -0.0920. The molecule has 0 atom stereocenters. The number of nitrogens with two attached hydrogens (primary N) is 1. The van der Waals surface area contributed by atoms with Crippen molar-refractivity contribution in [3.05, 3.63) is 11.3 Å². The normalized spacial score (nSPS) is 10.8. The number of amides is 1. The number of carbonyl (C=O) groups is 1. The first-order valence-electron chi connectivity index (χ1n) is 5.14. The molecule has 0 aromatic carbocycles. The fourth-order valence-corrected chi connectivity index (χ4v) is 1.36. The van der Waals surface area contributed by atoms with E-state index in [-0.39, 0.29) is 11.7 Å². The molecule has 1 aromatic heterocycles. The summed E-state index contributed by atoms with van der Waals surface area (Å²) in [7, 11) is 5.70. The van der Waals surface area contributed by atoms with Crippen molar-refractivity contribution in [2.24, 2.45) is 0 Å². The highest BCUT2D eigenvalue weighted by molar-refractivity contribution is 5.99. The number of nitrogens with one attached hydrogen (secondary N) is 1. The van der Waals surface area contributed by atoms with Crippen molar-refractivity contribution in [2.75, 3.05) is 40.0 Å². The molecule has 0 aliphatic heterocycles. The Bertz CT molecular complexity index is 352. The van der Waals surface area contributed by atoms with Gasteiger partial charge in [0, 0.05) is 25.8 Å². The van der Waals surface area contributed by atoms with Gasteiger partial charge < -0.3 is 15.5 Å². The Kier molecular flexibility index (Phi) is 3.89. The van der Waals surface area contributed by atoms with Gasteiger partial charge in [0.25, 0.3) is 5.91 Å². The van der Waals surface area contributed by atoms with Crippen molar-refractivity contribution in [2.45, 2.75) is 6.92 Å². The van der Waals surface area contributed by atoms with E-state index in [9.17, 15) is 4.79 Å². The first kappa shape index (κ1) is 12.5. The van der Waals surface area contributed by atoms with Gasteiger partial charge in [0.1, 0.15) is 5.56 Å². The average Bonchev–Trinajstić information content (AvgIpc) is 2.54. The van der Waals surface area contributed by atoms with Crippen molar-refractivity contribution < 1.29 is 4.79 Å². The monoisotopic (exact) mass is 225 g/mol. The number of rotatable bonds is 4. The number of nitrogens with zero attached hydrogens (tertiary/aromatic N) is 3. The van der Waals surface area contributed by atoms with E-state index in [4.69, 9.17) is 5.73 Å². The summed E-state index contributed by atoms with van der Waals surface area (Å²) in [6.45, 7) is 3.27. The number of nitrogen functional groups attached to an aromatic ring is 1. The highest BCUT2D eigenvalue weighted by Crippen LogP contribution is 2.14. The Hall–Kier alpha value is -1.56. The number of likely N-dealkylation sites (N-methyl/N-ethyl adjacent to an activating group) is 2. The summed E-state index contributed by atoms with van der Waals surface area (Å²) >= 11 is 0. The maximum atomic E-state index is 12.0. The fourth-order valence-electron chi connectivity index (χ4n) is 1.36. The highest BCUT2D eigenvalue weighted by atomic mass is 16.2. The van der Waals surface area contributed by atoms with Crippen molar-refractivity contribution in [1.82, 2.24) is 20.0 Å². The van der Waals surface area contributed by atoms with E-state index in [2.05, 4.69) is 10.2 Å². The van der Waals surface area contributed by atoms with Crippen molar-refractivity contribution in [1.29, 1.82) is 0 Å². The highest BCUT2D eigenvalue weighted by Gasteiger charge is 2.19. The third-order valence-corrected chi connectivity index (χ3v) is 2.42. The Balaban J connectivity index is 2.71. The number of carbonyl (C=O) groups excluding carboxylic acids is 1. The standard InChI is InChI=1S/C10H19N5O/c1-7-8(9(11)13-12-7)10(16)15(4)6-5-14(2)3/h5-6H2,1-4H3,(H3,11,12,13). The molecule has 0 radical (unpaired) electrons. The second-order valence-corrected chi connectivity index (χ2v) is 4.14. The fraction of sp³-hybridized carbons (Fsp3) is 0.600. The lowest BCUT2D eigenvalue weighted by molar-refractivity contribution is 0.0786. The van der Waals surface area contributed by atoms with Crippen LogP contribution in [0, 0.1) is 6.92 Å². The number of aromatic nitrogens is 2. The molecule has 0 fully saturated rings. The molecule has 1 heterocycles. The third kappa shape index (κ3) is 2.73. The van der Waals surface area contributed by atoms with Gasteiger partial charge in [-0.1, -0.05) is 0 Å². The second kappa shape index (κ2) is 4.98. The Morgan fingerprint density at radius 3 is 2.44 bits per heavy atom. The summed E-state index contributed by atoms with van der Waals surface area (Å²) in [5.41, 5.74) is 6.82. The lowest BCUT2D eigenvalue weighted by atomic mass is 10.2. The van der Waals surface area contributed by atoms with Crippen LogP contribution >= 0.6 is 0 Å². The number of anilines is 1. The molecule has 1 rings (SSSR count). The Morgan fingerprint density at radius 1 is 1.38 bits per heavy atom. The van der Waals surface area contributed by atoms with E-state index in [0.29, 0.717) is 17.8 Å². The largest absolute Gasteiger partial charge is 0.382 e. The van der Waals surface area contributed by atoms with Gasteiger partial charge in [0.05, 0.1) is 0 Å². The Labute approximate surface area is 95.4 Å². The number of hydrogen-bond acceptors (Lipinski definition) is 4. The molecular weight excluding hydrogens is 206 g/mol. The number of hydrogen-bond donors (Lipinski definition) is 2. The van der Waals surface area contributed by atoms with Crippen LogP contribution in [0.2, 0.25) is 0 Å². The van der Waals surface area contributed by atoms with Gasteiger partial charge in [0.2, 0.25) is 0 Å². The summed E-state index contributed by atoms with van der Waals surface area (Å²) in [4.78, 5) is 15.7. The van der Waals surface area contributed by atoms with Crippen LogP contribution < -0.4 is 5.73 Å². The van der Waals surface area contributed by atoms with Crippen molar-refractivity contribution in [3.8, 4) is 0 Å². The summed E-state index contributed by atoms with van der Waals surface area (Å²) in [6.07, 6.45) is 0. The molecule has 1 amide bonds. The number of aromatic amines is 1. The maximum absolute atomic E-state index is 12.0. The third-order valence-electron chi connectivity index (χ3n) is 2.42. The van der Waals surface area contributed by atoms with E-state index in [1.165, 1.54) is 0 Å². The zero-order valence-electron chi connectivity index (χ0n) is 10.2. The van der Waals surface area contributed by atoms with Gasteiger partial charge in [-0.25, -0.2) is 0 Å². The molecule has 3 N–H and O–H groups in total. The molecule has 0 saturated carbocycles. The molecule has 0 aliphatic rings. The average molecular weight is 225 g/mol. The summed E-state index contributed by atoms with van der Waals surface area (Å²) in [6, 6.07) is 0. The van der Waals surface area contributed by atoms with Gasteiger partial charge in [0.15, 0.2) is 5.82 Å². The SMILES string of the molecule is Cc1[nH]nc(N)c1C(=O)N(C)CCN(C)C. The summed E-state index contributed by atoms with van der Waals surface area (Å²) in [5.74, 6) is 0.171. The quantitative estimate of drug-likeness (QED) is 0.752. The van der Waals surface area contributed by atoms with Crippen molar-refractivity contribution >= 4 is 11.7 Å². The van der Waals surface area contributed by atoms with E-state index < -0.39 is 0 Å². The number of H-pyrrole nitrogens is 1. The molecular formula is C10H19N5O. The molecule has 0 unspecified atom stereocenters. The van der Waals surface area contributed by atoms with Crippen LogP contribution in [0.1, 0.15) is 16.1 Å². The lowest BCUT2D eigenvalue weighted by Crippen LogP contribution is -2.34. The molecule has 0 bridgehead atoms. The van der Waals surface area contributed by atoms with Crippen molar-refractivity contribution in [3.63, 3.8) is 0 Å². The topological polar surface area (TPSA) is 78.2 Å². The minimum Gasteiger partial charge on any atom is -0.382 e. The van der Waals surface area contributed by atoms with E-state index >= 15 is 0 Å². The van der Waals surface area contributed by atoms with E-state index in [1.54, 1.807) is 18.9 Å². The van der Waals surface area contributed by atoms with Gasteiger partial charge in [-0.15, -0.1) is 0 Å². The summed E-state index contributed by atoms with van der Waals surface area (Å²) < 4.78 is 0. The van der Waals surface area contributed by atoms with Crippen LogP contribution in [0.15, 0.2) is 0 Å². The van der Waals surface area contributed by atoms with E-state index in [0.717, 1.165) is 6.54 Å². The predicted octanol–water partition coefficient (Wildman–Crippen LogP) is -0.0661. The molecule has 90 valence electrons. The molecule has 6 nitrogen and oxygen atoms in total. The van der Waals surface area contributed by atoms with Gasteiger partial charge in [-0.05, 0) is 21.0 Å². The zero-order chi connectivity index (χ0) is 12.3. The molecule has 0 saturated heterocycles. The minimum absolute atomic E-state index is 0.0920. The van der Waals surface area contributed by atoms with Crippen LogP contribution in [0.3, 0.4) is 0 Å². The van der Waals surface area contributed by atoms with Crippen LogP contribution in [0.4, 0.5) is 5.82 Å². The lowest BCUT2D eigenvalue weighted by Gasteiger charge is -2.19. The maximum Gasteiger partial charge on any atom is 0.259 e. The van der Waals surface area contributed by atoms with Gasteiger partial charge in [-0.2, -0.15) is 5.10 Å². The zero-order valence-corrected chi connectivity index (χ0v) is 10.2. The van der Waals surface area contributed by atoms with Crippen LogP contribution in [-0.4, -0.2) is 60.1 Å². The Morgan fingerprint density at radius 2 is 2.00 bits per heavy atom. The second-order valence-electron chi connectivity index (χ2n) is 4.14. The molecule has 1 aromatic rings. The first-order valence-corrected chi connectivity index (χ1v) is 5.14. The van der Waals surface area contributed by atoms with Crippen LogP contribution in [0.25, 0.3) is 0 Å². The smallest absolute Gasteiger partial charge is 0.259 e. The van der Waals surface area contributed by atoms with Crippen LogP contribution in [0.5, 0.6) is 0 Å². The number of aryl methyl sites for hydroxylation is 1. The van der Waals surface area contributed by atoms with Crippen LogP contribution in [-0.2, 0) is 0 Å². The first-order chi connectivity index (χ1) is 7.43. The molecule has 0 spiro atoms. The van der Waals surface area contributed by atoms with Gasteiger partial charge in [-0.3, -0.25) is 9.89 Å². The van der Waals surface area contributed by atoms with Gasteiger partial charge >= 0.3 is 0 Å². The molecule has 16 heavy (non-hydrogen) atoms. The molecule has 6 heteroatoms.